The monoisotopic (exact) mass is 385 g/mol. The van der Waals surface area contributed by atoms with Gasteiger partial charge < -0.3 is 9.84 Å². The zero-order valence-electron chi connectivity index (χ0n) is 15.4. The number of hydrogen-bond acceptors (Lipinski definition) is 4. The van der Waals surface area contributed by atoms with E-state index >= 15 is 0 Å². The predicted molar refractivity (Wildman–Crippen MR) is 97.5 cm³/mol. The molecule has 1 aromatic carbocycles. The number of nitrogens with zero attached hydrogens (tertiary/aromatic N) is 2. The summed E-state index contributed by atoms with van der Waals surface area (Å²) in [7, 11) is 0. The molecule has 1 aromatic heterocycles. The fourth-order valence-corrected chi connectivity index (χ4v) is 2.89. The average Bonchev–Trinajstić information content (AvgIpc) is 2.90. The third kappa shape index (κ3) is 4.88. The Morgan fingerprint density at radius 3 is 2.58 bits per heavy atom. The second kappa shape index (κ2) is 7.84. The fourth-order valence-electron chi connectivity index (χ4n) is 2.72. The number of halogens is 2. The Labute approximate surface area is 157 Å². The molecule has 0 saturated heterocycles. The Hall–Kier alpha value is -1.80. The lowest BCUT2D eigenvalue weighted by atomic mass is 9.72. The summed E-state index contributed by atoms with van der Waals surface area (Å²) in [6.45, 7) is 8.19. The summed E-state index contributed by atoms with van der Waals surface area (Å²) in [5, 5.41) is 14.2. The smallest absolute Gasteiger partial charge is 0.215 e. The van der Waals surface area contributed by atoms with Crippen molar-refractivity contribution in [2.24, 2.45) is 11.3 Å². The number of hydrogen-bond donors (Lipinski definition) is 2. The minimum atomic E-state index is -1.10. The number of ether oxygens (including phenoxy) is 1. The molecule has 0 aliphatic heterocycles. The Bertz CT molecular complexity index is 800. The maximum atomic E-state index is 13.7. The number of aromatic amines is 1. The normalized spacial score (nSPS) is 15.5. The number of rotatable bonds is 7. The van der Waals surface area contributed by atoms with Crippen LogP contribution in [0.15, 0.2) is 24.5 Å². The van der Waals surface area contributed by atoms with Gasteiger partial charge in [-0.05, 0) is 42.1 Å². The van der Waals surface area contributed by atoms with E-state index in [1.807, 2.05) is 27.7 Å². The standard InChI is InChI=1S/C18H25F2N3O2S/c1-12(9-25-15-6-5-13(19)7-14(15)20)8-18(24,17(2,3)4)10-23-16(26)21-11-22-23/h5-7,11-12,24H,8-10H2,1-4H3,(H,21,22,26). The van der Waals surface area contributed by atoms with Crippen LogP contribution in [-0.4, -0.2) is 32.1 Å². The molecular formula is C18H25F2N3O2S. The molecule has 1 heterocycles. The van der Waals surface area contributed by atoms with Crippen molar-refractivity contribution < 1.29 is 18.6 Å². The van der Waals surface area contributed by atoms with Crippen LogP contribution >= 0.6 is 12.2 Å². The Morgan fingerprint density at radius 2 is 2.04 bits per heavy atom. The molecule has 8 heteroatoms. The van der Waals surface area contributed by atoms with Crippen LogP contribution in [0.5, 0.6) is 5.75 Å². The third-order valence-electron chi connectivity index (χ3n) is 4.54. The van der Waals surface area contributed by atoms with Crippen LogP contribution < -0.4 is 4.74 Å². The van der Waals surface area contributed by atoms with E-state index in [4.69, 9.17) is 17.0 Å². The Morgan fingerprint density at radius 1 is 1.35 bits per heavy atom. The molecule has 26 heavy (non-hydrogen) atoms. The molecule has 0 aliphatic rings. The van der Waals surface area contributed by atoms with Crippen molar-refractivity contribution in [1.29, 1.82) is 0 Å². The van der Waals surface area contributed by atoms with Crippen molar-refractivity contribution in [3.05, 3.63) is 40.9 Å². The zero-order valence-corrected chi connectivity index (χ0v) is 16.2. The van der Waals surface area contributed by atoms with Gasteiger partial charge in [0.2, 0.25) is 4.77 Å². The van der Waals surface area contributed by atoms with Gasteiger partial charge >= 0.3 is 0 Å². The predicted octanol–water partition coefficient (Wildman–Crippen LogP) is 4.10. The molecule has 5 nitrogen and oxygen atoms in total. The molecule has 0 radical (unpaired) electrons. The maximum Gasteiger partial charge on any atom is 0.215 e. The number of benzene rings is 1. The van der Waals surface area contributed by atoms with E-state index in [9.17, 15) is 13.9 Å². The summed E-state index contributed by atoms with van der Waals surface area (Å²) >= 11 is 5.14. The molecular weight excluding hydrogens is 360 g/mol. The van der Waals surface area contributed by atoms with Gasteiger partial charge in [0.05, 0.1) is 18.8 Å². The molecule has 2 N–H and O–H groups in total. The molecule has 2 atom stereocenters. The van der Waals surface area contributed by atoms with E-state index in [2.05, 4.69) is 10.1 Å². The molecule has 144 valence electrons. The highest BCUT2D eigenvalue weighted by Crippen LogP contribution is 2.37. The molecule has 2 unspecified atom stereocenters. The molecule has 0 amide bonds. The maximum absolute atomic E-state index is 13.7. The average molecular weight is 385 g/mol. The molecule has 0 saturated carbocycles. The molecule has 2 aromatic rings. The highest BCUT2D eigenvalue weighted by molar-refractivity contribution is 7.71. The summed E-state index contributed by atoms with van der Waals surface area (Å²) in [6.07, 6.45) is 1.88. The van der Waals surface area contributed by atoms with Gasteiger partial charge in [0.25, 0.3) is 0 Å². The first-order valence-corrected chi connectivity index (χ1v) is 8.83. The van der Waals surface area contributed by atoms with Gasteiger partial charge in [0.15, 0.2) is 11.6 Å². The van der Waals surface area contributed by atoms with Gasteiger partial charge in [0.1, 0.15) is 12.1 Å². The second-order valence-electron chi connectivity index (χ2n) is 7.73. The summed E-state index contributed by atoms with van der Waals surface area (Å²) in [5.74, 6) is -1.48. The number of H-pyrrole nitrogens is 1. The first-order chi connectivity index (χ1) is 12.0. The van der Waals surface area contributed by atoms with E-state index in [-0.39, 0.29) is 24.8 Å². The van der Waals surface area contributed by atoms with Crippen LogP contribution in [0.2, 0.25) is 0 Å². The molecule has 0 spiro atoms. The minimum Gasteiger partial charge on any atom is -0.490 e. The molecule has 0 fully saturated rings. The van der Waals surface area contributed by atoms with Crippen LogP contribution in [0.3, 0.4) is 0 Å². The zero-order chi connectivity index (χ0) is 19.5. The van der Waals surface area contributed by atoms with E-state index in [0.717, 1.165) is 12.1 Å². The van der Waals surface area contributed by atoms with Gasteiger partial charge in [0, 0.05) is 6.07 Å². The lowest BCUT2D eigenvalue weighted by Gasteiger charge is -2.42. The van der Waals surface area contributed by atoms with Gasteiger partial charge in [-0.25, -0.2) is 13.8 Å². The van der Waals surface area contributed by atoms with Crippen LogP contribution in [0.4, 0.5) is 8.78 Å². The Balaban J connectivity index is 2.07. The Kier molecular flexibility index (Phi) is 6.18. The van der Waals surface area contributed by atoms with E-state index in [1.165, 1.54) is 12.4 Å². The summed E-state index contributed by atoms with van der Waals surface area (Å²) in [4.78, 5) is 3.97. The quantitative estimate of drug-likeness (QED) is 0.705. The van der Waals surface area contributed by atoms with Gasteiger partial charge in [-0.3, -0.25) is 9.78 Å². The second-order valence-corrected chi connectivity index (χ2v) is 8.10. The van der Waals surface area contributed by atoms with Gasteiger partial charge in [-0.2, -0.15) is 0 Å². The van der Waals surface area contributed by atoms with Crippen LogP contribution in [0, 0.1) is 27.7 Å². The fraction of sp³-hybridized carbons (Fsp3) is 0.556. The highest BCUT2D eigenvalue weighted by atomic mass is 32.1. The van der Waals surface area contributed by atoms with Crippen LogP contribution in [-0.2, 0) is 6.54 Å². The van der Waals surface area contributed by atoms with Crippen LogP contribution in [0.25, 0.3) is 0 Å². The summed E-state index contributed by atoms with van der Waals surface area (Å²) in [5.41, 5.74) is -1.54. The van der Waals surface area contributed by atoms with Crippen LogP contribution in [0.1, 0.15) is 34.1 Å². The molecule has 2 rings (SSSR count). The van der Waals surface area contributed by atoms with Crippen molar-refractivity contribution in [3.63, 3.8) is 0 Å². The van der Waals surface area contributed by atoms with Crippen molar-refractivity contribution in [2.45, 2.75) is 46.3 Å². The summed E-state index contributed by atoms with van der Waals surface area (Å²) < 4.78 is 34.1. The molecule has 0 bridgehead atoms. The van der Waals surface area contributed by atoms with Crippen molar-refractivity contribution in [2.75, 3.05) is 6.61 Å². The first kappa shape index (κ1) is 20.5. The lowest BCUT2D eigenvalue weighted by Crippen LogP contribution is -2.48. The minimum absolute atomic E-state index is 0.00617. The van der Waals surface area contributed by atoms with E-state index < -0.39 is 22.7 Å². The largest absolute Gasteiger partial charge is 0.490 e. The summed E-state index contributed by atoms with van der Waals surface area (Å²) in [6, 6.07) is 3.19. The third-order valence-corrected chi connectivity index (χ3v) is 4.86. The highest BCUT2D eigenvalue weighted by Gasteiger charge is 2.41. The van der Waals surface area contributed by atoms with Gasteiger partial charge in [-0.15, -0.1) is 0 Å². The molecule has 0 aliphatic carbocycles. The van der Waals surface area contributed by atoms with Crippen molar-refractivity contribution in [3.8, 4) is 5.75 Å². The van der Waals surface area contributed by atoms with Gasteiger partial charge in [-0.1, -0.05) is 27.7 Å². The number of aromatic nitrogens is 3. The number of aliphatic hydroxyl groups is 1. The lowest BCUT2D eigenvalue weighted by molar-refractivity contribution is -0.0920. The van der Waals surface area contributed by atoms with E-state index in [1.54, 1.807) is 4.68 Å². The van der Waals surface area contributed by atoms with Crippen molar-refractivity contribution >= 4 is 12.2 Å². The van der Waals surface area contributed by atoms with E-state index in [0.29, 0.717) is 11.2 Å². The first-order valence-electron chi connectivity index (χ1n) is 8.42. The van der Waals surface area contributed by atoms with Crippen molar-refractivity contribution in [1.82, 2.24) is 14.8 Å². The SMILES string of the molecule is CC(COc1ccc(F)cc1F)CC(O)(Cn1[nH]cnc1=S)C(C)(C)C. The number of nitrogens with one attached hydrogen (secondary N) is 1. The topological polar surface area (TPSA) is 63.1 Å².